The number of guanidine groups is 1. The van der Waals surface area contributed by atoms with Crippen molar-refractivity contribution in [2.24, 2.45) is 4.99 Å². The first kappa shape index (κ1) is 19.2. The molecule has 3 amide bonds. The van der Waals surface area contributed by atoms with Gasteiger partial charge in [0.2, 0.25) is 11.9 Å². The molecule has 0 aromatic heterocycles. The second-order valence-electron chi connectivity index (χ2n) is 7.67. The first-order valence-corrected chi connectivity index (χ1v) is 9.96. The highest BCUT2D eigenvalue weighted by Crippen LogP contribution is 2.27. The number of anilines is 1. The standard InChI is InChI=1S/C22H21FN5O3/c1-25-19-18(20(29)26(2)22(25)30)28-12-11-27(21(28)24-19)16-7-9-17(10-8-16)31-13-14-3-5-15(23)6-4-14/h3-10,18H,11-13H2,1-2H3/q+1. The highest BCUT2D eigenvalue weighted by molar-refractivity contribution is 6.24. The number of carbonyl (C=O) groups excluding carboxylic acids is 2. The largest absolute Gasteiger partial charge is 0.489 e. The SMILES string of the molecule is CN1C(=O)C2C(=NC3=[N+]2CCN3c2ccc(OCc3ccc(F)cc3)cc2)N(C)C1=O. The number of benzene rings is 2. The van der Waals surface area contributed by atoms with Gasteiger partial charge in [-0.25, -0.2) is 18.7 Å². The number of halogens is 1. The van der Waals surface area contributed by atoms with Gasteiger partial charge in [0.25, 0.3) is 5.91 Å². The molecule has 1 fully saturated rings. The zero-order valence-corrected chi connectivity index (χ0v) is 17.2. The number of imide groups is 1. The van der Waals surface area contributed by atoms with Crippen LogP contribution in [0.5, 0.6) is 5.75 Å². The number of hydrogen-bond acceptors (Lipinski definition) is 5. The zero-order chi connectivity index (χ0) is 21.7. The van der Waals surface area contributed by atoms with Crippen LogP contribution in [0, 0.1) is 5.82 Å². The summed E-state index contributed by atoms with van der Waals surface area (Å²) >= 11 is 0. The average molecular weight is 422 g/mol. The maximum absolute atomic E-state index is 13.0. The quantitative estimate of drug-likeness (QED) is 0.706. The number of amides is 3. The van der Waals surface area contributed by atoms with E-state index in [0.29, 0.717) is 37.2 Å². The van der Waals surface area contributed by atoms with Crippen molar-refractivity contribution in [2.75, 3.05) is 32.1 Å². The molecule has 1 saturated heterocycles. The van der Waals surface area contributed by atoms with Crippen molar-refractivity contribution < 1.29 is 23.3 Å². The van der Waals surface area contributed by atoms with E-state index in [9.17, 15) is 14.0 Å². The summed E-state index contributed by atoms with van der Waals surface area (Å²) in [5, 5.41) is 0. The van der Waals surface area contributed by atoms with Gasteiger partial charge in [-0.1, -0.05) is 17.1 Å². The molecule has 8 nitrogen and oxygen atoms in total. The van der Waals surface area contributed by atoms with Gasteiger partial charge in [0.05, 0.1) is 6.54 Å². The topological polar surface area (TPSA) is 68.5 Å². The molecule has 31 heavy (non-hydrogen) atoms. The minimum Gasteiger partial charge on any atom is -0.489 e. The second kappa shape index (κ2) is 7.19. The van der Waals surface area contributed by atoms with Crippen molar-refractivity contribution in [3.05, 3.63) is 59.9 Å². The van der Waals surface area contributed by atoms with Crippen LogP contribution < -0.4 is 9.64 Å². The average Bonchev–Trinajstić information content (AvgIpc) is 3.36. The summed E-state index contributed by atoms with van der Waals surface area (Å²) < 4.78 is 20.7. The zero-order valence-electron chi connectivity index (χ0n) is 17.2. The minimum atomic E-state index is -0.564. The van der Waals surface area contributed by atoms with Crippen molar-refractivity contribution in [3.8, 4) is 5.75 Å². The van der Waals surface area contributed by atoms with Crippen molar-refractivity contribution >= 4 is 29.4 Å². The number of fused-ring (bicyclic) bond motifs is 2. The summed E-state index contributed by atoms with van der Waals surface area (Å²) in [5.74, 6) is 1.30. The number of urea groups is 1. The lowest BCUT2D eigenvalue weighted by Crippen LogP contribution is -2.61. The van der Waals surface area contributed by atoms with Crippen molar-refractivity contribution in [3.63, 3.8) is 0 Å². The van der Waals surface area contributed by atoms with E-state index in [1.807, 2.05) is 33.7 Å². The maximum atomic E-state index is 13.0. The lowest BCUT2D eigenvalue weighted by Gasteiger charge is -2.31. The molecule has 3 heterocycles. The lowest BCUT2D eigenvalue weighted by atomic mass is 10.1. The van der Waals surface area contributed by atoms with Crippen LogP contribution in [0.25, 0.3) is 0 Å². The summed E-state index contributed by atoms with van der Waals surface area (Å²) in [4.78, 5) is 34.2. The molecule has 2 aromatic rings. The normalized spacial score (nSPS) is 20.3. The number of ether oxygens (including phenoxy) is 1. The van der Waals surface area contributed by atoms with Gasteiger partial charge in [0, 0.05) is 14.1 Å². The Morgan fingerprint density at radius 1 is 1.06 bits per heavy atom. The van der Waals surface area contributed by atoms with E-state index in [0.717, 1.165) is 16.2 Å². The van der Waals surface area contributed by atoms with Gasteiger partial charge in [-0.15, -0.1) is 0 Å². The Bertz CT molecular complexity index is 1130. The van der Waals surface area contributed by atoms with E-state index < -0.39 is 6.04 Å². The van der Waals surface area contributed by atoms with Crippen LogP contribution in [0.2, 0.25) is 0 Å². The maximum Gasteiger partial charge on any atom is 0.397 e. The summed E-state index contributed by atoms with van der Waals surface area (Å²) in [6, 6.07) is 12.9. The smallest absolute Gasteiger partial charge is 0.397 e. The molecule has 0 spiro atoms. The van der Waals surface area contributed by atoms with E-state index in [1.54, 1.807) is 19.2 Å². The number of likely N-dealkylation sites (N-methyl/N-ethyl adjacent to an activating group) is 2. The Morgan fingerprint density at radius 2 is 1.77 bits per heavy atom. The number of carbonyl (C=O) groups is 2. The molecule has 0 saturated carbocycles. The highest BCUT2D eigenvalue weighted by Gasteiger charge is 2.54. The predicted molar refractivity (Wildman–Crippen MR) is 112 cm³/mol. The molecule has 1 atom stereocenters. The van der Waals surface area contributed by atoms with Crippen LogP contribution in [-0.2, 0) is 11.4 Å². The van der Waals surface area contributed by atoms with Crippen molar-refractivity contribution in [1.29, 1.82) is 0 Å². The Morgan fingerprint density at radius 3 is 2.48 bits per heavy atom. The van der Waals surface area contributed by atoms with Crippen molar-refractivity contribution in [2.45, 2.75) is 12.6 Å². The molecule has 0 radical (unpaired) electrons. The Balaban J connectivity index is 1.33. The molecule has 0 bridgehead atoms. The van der Waals surface area contributed by atoms with Crippen LogP contribution in [0.1, 0.15) is 5.56 Å². The fourth-order valence-electron chi connectivity index (χ4n) is 4.05. The third-order valence-corrected chi connectivity index (χ3v) is 5.78. The van der Waals surface area contributed by atoms with Crippen LogP contribution in [-0.4, -0.2) is 71.3 Å². The van der Waals surface area contributed by atoms with E-state index in [-0.39, 0.29) is 17.8 Å². The Kier molecular flexibility index (Phi) is 4.46. The number of hydrogen-bond donors (Lipinski definition) is 0. The van der Waals surface area contributed by atoms with Crippen LogP contribution in [0.3, 0.4) is 0 Å². The highest BCUT2D eigenvalue weighted by atomic mass is 19.1. The third kappa shape index (κ3) is 3.13. The second-order valence-corrected chi connectivity index (χ2v) is 7.67. The van der Waals surface area contributed by atoms with Gasteiger partial charge in [-0.3, -0.25) is 14.6 Å². The fraction of sp³-hybridized carbons (Fsp3) is 0.273. The number of aliphatic imine (C=N–C) groups is 1. The molecule has 0 N–H and O–H groups in total. The third-order valence-electron chi connectivity index (χ3n) is 5.78. The van der Waals surface area contributed by atoms with Crippen LogP contribution in [0.4, 0.5) is 14.9 Å². The van der Waals surface area contributed by atoms with Gasteiger partial charge in [-0.2, -0.15) is 0 Å². The van der Waals surface area contributed by atoms with Gasteiger partial charge in [-0.05, 0) is 42.0 Å². The van der Waals surface area contributed by atoms with E-state index >= 15 is 0 Å². The molecule has 9 heteroatoms. The first-order chi connectivity index (χ1) is 14.9. The molecule has 0 aliphatic carbocycles. The number of rotatable bonds is 4. The van der Waals surface area contributed by atoms with Crippen molar-refractivity contribution in [1.82, 2.24) is 9.80 Å². The van der Waals surface area contributed by atoms with E-state index in [2.05, 4.69) is 4.99 Å². The van der Waals surface area contributed by atoms with Gasteiger partial charge < -0.3 is 4.74 Å². The summed E-state index contributed by atoms with van der Waals surface area (Å²) in [7, 11) is 3.13. The van der Waals surface area contributed by atoms with Gasteiger partial charge in [0.15, 0.2) is 0 Å². The molecular weight excluding hydrogens is 401 g/mol. The van der Waals surface area contributed by atoms with Gasteiger partial charge >= 0.3 is 12.0 Å². The summed E-state index contributed by atoms with van der Waals surface area (Å²) in [6.07, 6.45) is 0. The summed E-state index contributed by atoms with van der Waals surface area (Å²) in [6.45, 7) is 1.67. The molecule has 3 aliphatic heterocycles. The fourth-order valence-corrected chi connectivity index (χ4v) is 4.05. The molecular formula is C22H21FN5O3+. The summed E-state index contributed by atoms with van der Waals surface area (Å²) in [5.41, 5.74) is 1.80. The Labute approximate surface area is 178 Å². The first-order valence-electron chi connectivity index (χ1n) is 9.96. The van der Waals surface area contributed by atoms with Crippen LogP contribution >= 0.6 is 0 Å². The lowest BCUT2D eigenvalue weighted by molar-refractivity contribution is -0.525. The van der Waals surface area contributed by atoms with Crippen LogP contribution in [0.15, 0.2) is 53.5 Å². The molecule has 5 rings (SSSR count). The monoisotopic (exact) mass is 422 g/mol. The number of amidine groups is 1. The van der Waals surface area contributed by atoms with E-state index in [1.165, 1.54) is 24.1 Å². The molecule has 1 unspecified atom stereocenters. The molecule has 158 valence electrons. The number of nitrogens with zero attached hydrogens (tertiary/aromatic N) is 5. The molecule has 3 aliphatic rings. The predicted octanol–water partition coefficient (Wildman–Crippen LogP) is 1.90. The molecule has 2 aromatic carbocycles. The minimum absolute atomic E-state index is 0.261. The van der Waals surface area contributed by atoms with E-state index in [4.69, 9.17) is 4.74 Å². The Hall–Kier alpha value is -3.75. The van der Waals surface area contributed by atoms with Gasteiger partial charge in [0.1, 0.15) is 30.4 Å².